The van der Waals surface area contributed by atoms with Crippen molar-refractivity contribution in [2.75, 3.05) is 6.61 Å². The van der Waals surface area contributed by atoms with Gasteiger partial charge in [0.2, 0.25) is 0 Å². The summed E-state index contributed by atoms with van der Waals surface area (Å²) in [5, 5.41) is 0. The maximum atomic E-state index is 11.7. The Kier molecular flexibility index (Phi) is 3.71. The zero-order valence-corrected chi connectivity index (χ0v) is 6.97. The van der Waals surface area contributed by atoms with Gasteiger partial charge in [-0.2, -0.15) is 13.2 Å². The Morgan fingerprint density at radius 2 is 1.92 bits per heavy atom. The number of alkyl halides is 3. The fourth-order valence-corrected chi connectivity index (χ4v) is 0.721. The highest BCUT2D eigenvalue weighted by molar-refractivity contribution is 7.46. The molecule has 2 N–H and O–H groups in total. The van der Waals surface area contributed by atoms with Crippen LogP contribution in [-0.4, -0.2) is 22.6 Å². The molecule has 0 aromatic heterocycles. The number of phosphoric acid groups is 1. The number of hydrogen-bond donors (Lipinski definition) is 2. The second-order valence-electron chi connectivity index (χ2n) is 2.23. The maximum absolute atomic E-state index is 11.7. The molecule has 0 aliphatic rings. The third-order valence-electron chi connectivity index (χ3n) is 1.05. The summed E-state index contributed by atoms with van der Waals surface area (Å²) in [6, 6.07) is 0. The molecule has 0 radical (unpaired) electrons. The second-order valence-corrected chi connectivity index (χ2v) is 3.47. The van der Waals surface area contributed by atoms with Gasteiger partial charge in [-0.25, -0.2) is 4.57 Å². The number of halogens is 3. The first-order chi connectivity index (χ1) is 5.13. The molecule has 1 atom stereocenters. The van der Waals surface area contributed by atoms with Crippen LogP contribution in [0.2, 0.25) is 0 Å². The van der Waals surface area contributed by atoms with Gasteiger partial charge in [0.1, 0.15) is 0 Å². The van der Waals surface area contributed by atoms with Crippen LogP contribution in [0, 0.1) is 5.92 Å². The molecule has 0 fully saturated rings. The van der Waals surface area contributed by atoms with E-state index in [4.69, 9.17) is 9.79 Å². The monoisotopic (exact) mass is 208 g/mol. The smallest absolute Gasteiger partial charge is 0.303 e. The minimum Gasteiger partial charge on any atom is -0.303 e. The first-order valence-corrected chi connectivity index (χ1v) is 4.43. The van der Waals surface area contributed by atoms with E-state index >= 15 is 0 Å². The molecule has 0 heterocycles. The van der Waals surface area contributed by atoms with Crippen molar-refractivity contribution in [3.8, 4) is 0 Å². The fraction of sp³-hybridized carbons (Fsp3) is 1.00. The maximum Gasteiger partial charge on any atom is 0.469 e. The summed E-state index contributed by atoms with van der Waals surface area (Å²) in [7, 11) is -4.79. The van der Waals surface area contributed by atoms with Crippen molar-refractivity contribution >= 4 is 7.82 Å². The zero-order chi connectivity index (χ0) is 9.99. The SMILES string of the molecule is CC(COP(=O)(O)O)C(F)(F)F. The molecule has 0 aliphatic carbocycles. The van der Waals surface area contributed by atoms with Crippen molar-refractivity contribution in [2.45, 2.75) is 13.1 Å². The molecule has 0 amide bonds. The van der Waals surface area contributed by atoms with Crippen LogP contribution in [0.5, 0.6) is 0 Å². The predicted molar refractivity (Wildman–Crippen MR) is 33.2 cm³/mol. The molecule has 74 valence electrons. The summed E-state index contributed by atoms with van der Waals surface area (Å²) >= 11 is 0. The highest BCUT2D eigenvalue weighted by atomic mass is 31.2. The van der Waals surface area contributed by atoms with Crippen LogP contribution in [0.1, 0.15) is 6.92 Å². The van der Waals surface area contributed by atoms with Crippen LogP contribution < -0.4 is 0 Å². The van der Waals surface area contributed by atoms with Gasteiger partial charge in [0.25, 0.3) is 0 Å². The summed E-state index contributed by atoms with van der Waals surface area (Å²) in [4.78, 5) is 16.1. The van der Waals surface area contributed by atoms with E-state index in [-0.39, 0.29) is 0 Å². The molecular weight excluding hydrogens is 200 g/mol. The highest BCUT2D eigenvalue weighted by Crippen LogP contribution is 2.38. The summed E-state index contributed by atoms with van der Waals surface area (Å²) in [5.41, 5.74) is 0. The highest BCUT2D eigenvalue weighted by Gasteiger charge is 2.37. The van der Waals surface area contributed by atoms with Gasteiger partial charge in [0.05, 0.1) is 12.5 Å². The zero-order valence-electron chi connectivity index (χ0n) is 6.08. The Morgan fingerprint density at radius 1 is 1.50 bits per heavy atom. The van der Waals surface area contributed by atoms with Crippen molar-refractivity contribution in [1.82, 2.24) is 0 Å². The van der Waals surface area contributed by atoms with Crippen molar-refractivity contribution in [1.29, 1.82) is 0 Å². The molecule has 0 aromatic rings. The molecule has 8 heteroatoms. The lowest BCUT2D eigenvalue weighted by Crippen LogP contribution is -2.23. The van der Waals surface area contributed by atoms with E-state index < -0.39 is 26.5 Å². The van der Waals surface area contributed by atoms with E-state index in [2.05, 4.69) is 4.52 Å². The first kappa shape index (κ1) is 11.9. The average molecular weight is 208 g/mol. The lowest BCUT2D eigenvalue weighted by atomic mass is 10.2. The Bertz CT molecular complexity index is 185. The summed E-state index contributed by atoms with van der Waals surface area (Å²) < 4.78 is 48.7. The Labute approximate surface area is 66.6 Å². The third kappa shape index (κ3) is 5.54. The van der Waals surface area contributed by atoms with Crippen molar-refractivity contribution in [3.05, 3.63) is 0 Å². The number of phosphoric ester groups is 1. The molecule has 0 spiro atoms. The van der Waals surface area contributed by atoms with Gasteiger partial charge in [0.15, 0.2) is 0 Å². The Balaban J connectivity index is 3.89. The first-order valence-electron chi connectivity index (χ1n) is 2.90. The van der Waals surface area contributed by atoms with E-state index in [1.807, 2.05) is 0 Å². The lowest BCUT2D eigenvalue weighted by Gasteiger charge is -2.15. The van der Waals surface area contributed by atoms with E-state index in [1.165, 1.54) is 0 Å². The Morgan fingerprint density at radius 3 is 2.17 bits per heavy atom. The second kappa shape index (κ2) is 3.74. The van der Waals surface area contributed by atoms with E-state index in [1.54, 1.807) is 0 Å². The van der Waals surface area contributed by atoms with Crippen LogP contribution in [0.3, 0.4) is 0 Å². The number of hydrogen-bond acceptors (Lipinski definition) is 2. The normalized spacial score (nSPS) is 16.2. The van der Waals surface area contributed by atoms with Gasteiger partial charge in [-0.15, -0.1) is 0 Å². The van der Waals surface area contributed by atoms with E-state index in [0.717, 1.165) is 6.92 Å². The van der Waals surface area contributed by atoms with Gasteiger partial charge >= 0.3 is 14.0 Å². The van der Waals surface area contributed by atoms with Crippen molar-refractivity contribution in [2.24, 2.45) is 5.92 Å². The minimum absolute atomic E-state index is 0.773. The van der Waals surface area contributed by atoms with Crippen LogP contribution in [0.15, 0.2) is 0 Å². The standard InChI is InChI=1S/C4H8F3O4P/c1-3(4(5,6)7)2-11-12(8,9)10/h3H,2H2,1H3,(H2,8,9,10). The third-order valence-corrected chi connectivity index (χ3v) is 1.54. The van der Waals surface area contributed by atoms with Crippen LogP contribution in [0.4, 0.5) is 13.2 Å². The van der Waals surface area contributed by atoms with Gasteiger partial charge in [-0.05, 0) is 0 Å². The molecule has 0 saturated heterocycles. The van der Waals surface area contributed by atoms with Crippen LogP contribution in [0.25, 0.3) is 0 Å². The van der Waals surface area contributed by atoms with Gasteiger partial charge < -0.3 is 9.79 Å². The van der Waals surface area contributed by atoms with E-state index in [0.29, 0.717) is 0 Å². The molecule has 0 rings (SSSR count). The number of rotatable bonds is 3. The molecule has 4 nitrogen and oxygen atoms in total. The summed E-state index contributed by atoms with van der Waals surface area (Å²) in [6.07, 6.45) is -4.49. The molecule has 0 saturated carbocycles. The van der Waals surface area contributed by atoms with Gasteiger partial charge in [0, 0.05) is 0 Å². The minimum atomic E-state index is -4.79. The molecule has 0 aliphatic heterocycles. The summed E-state index contributed by atoms with van der Waals surface area (Å²) in [6.45, 7) is -0.260. The topological polar surface area (TPSA) is 66.8 Å². The fourth-order valence-electron chi connectivity index (χ4n) is 0.303. The predicted octanol–water partition coefficient (Wildman–Crippen LogP) is 1.29. The van der Waals surface area contributed by atoms with Gasteiger partial charge in [-0.3, -0.25) is 4.52 Å². The van der Waals surface area contributed by atoms with Crippen LogP contribution in [-0.2, 0) is 9.09 Å². The average Bonchev–Trinajstić information content (AvgIpc) is 1.78. The quantitative estimate of drug-likeness (QED) is 0.686. The van der Waals surface area contributed by atoms with Crippen molar-refractivity contribution in [3.63, 3.8) is 0 Å². The van der Waals surface area contributed by atoms with Crippen molar-refractivity contribution < 1.29 is 32.0 Å². The summed E-state index contributed by atoms with van der Waals surface area (Å²) in [5.74, 6) is -1.88. The Hall–Kier alpha value is -0.100. The molecular formula is C4H8F3O4P. The molecule has 0 aromatic carbocycles. The lowest BCUT2D eigenvalue weighted by molar-refractivity contribution is -0.177. The molecule has 12 heavy (non-hydrogen) atoms. The largest absolute Gasteiger partial charge is 0.469 e. The van der Waals surface area contributed by atoms with E-state index in [9.17, 15) is 17.7 Å². The van der Waals surface area contributed by atoms with Crippen LogP contribution >= 0.6 is 7.82 Å². The molecule has 1 unspecified atom stereocenters. The van der Waals surface area contributed by atoms with Gasteiger partial charge in [-0.1, -0.05) is 6.92 Å². The molecule has 0 bridgehead atoms.